The van der Waals surface area contributed by atoms with Crippen LogP contribution < -0.4 is 10.1 Å². The number of nitrogens with zero attached hydrogens (tertiary/aromatic N) is 3. The van der Waals surface area contributed by atoms with Gasteiger partial charge in [-0.1, -0.05) is 25.4 Å². The lowest BCUT2D eigenvalue weighted by atomic mass is 9.84. The zero-order valence-corrected chi connectivity index (χ0v) is 21.5. The van der Waals surface area contributed by atoms with Crippen LogP contribution in [0.3, 0.4) is 0 Å². The Morgan fingerprint density at radius 2 is 1.97 bits per heavy atom. The van der Waals surface area contributed by atoms with E-state index in [2.05, 4.69) is 20.1 Å². The fraction of sp³-hybridized carbons (Fsp3) is 0.560. The van der Waals surface area contributed by atoms with E-state index in [0.717, 1.165) is 5.69 Å². The maximum absolute atomic E-state index is 13.9. The van der Waals surface area contributed by atoms with Crippen molar-refractivity contribution in [2.75, 3.05) is 25.0 Å². The van der Waals surface area contributed by atoms with Crippen LogP contribution in [0.25, 0.3) is 0 Å². The highest BCUT2D eigenvalue weighted by Crippen LogP contribution is 2.37. The average molecular weight is 541 g/mol. The standard InChI is InChI=1S/C25H31ClF2N4O5/c1-15(2)19-7-10-29-32(19)25(23(35)30-18-5-3-16(26)13-21(18)37-24(27)28)8-11-31(12-9-25)17-4-6-20(22(33)34)36-14-17/h3,5,7,10,13,15,17,20,24H,4,6,8-9,11-12,14H2,1-2H3,(H,30,35)(H,33,34)/t17-,20+/m0/s1. The number of anilines is 1. The van der Waals surface area contributed by atoms with Crippen molar-refractivity contribution in [2.45, 2.75) is 69.7 Å². The molecule has 2 fully saturated rings. The summed E-state index contributed by atoms with van der Waals surface area (Å²) in [6.45, 7) is 2.37. The summed E-state index contributed by atoms with van der Waals surface area (Å²) < 4.78 is 37.9. The lowest BCUT2D eigenvalue weighted by molar-refractivity contribution is -0.156. The molecule has 0 bridgehead atoms. The number of benzene rings is 1. The fourth-order valence-electron chi connectivity index (χ4n) is 5.15. The third-order valence-corrected chi connectivity index (χ3v) is 7.40. The molecule has 0 saturated carbocycles. The number of aromatic nitrogens is 2. The molecule has 1 aromatic carbocycles. The predicted octanol–water partition coefficient (Wildman–Crippen LogP) is 4.32. The maximum atomic E-state index is 13.9. The van der Waals surface area contributed by atoms with Crippen LogP contribution >= 0.6 is 11.6 Å². The van der Waals surface area contributed by atoms with E-state index in [1.807, 2.05) is 19.9 Å². The number of carboxylic acid groups (broad SMARTS) is 1. The van der Waals surface area contributed by atoms with Gasteiger partial charge in [0.05, 0.1) is 12.3 Å². The van der Waals surface area contributed by atoms with Gasteiger partial charge in [0, 0.05) is 42.1 Å². The van der Waals surface area contributed by atoms with Crippen molar-refractivity contribution in [3.05, 3.63) is 41.2 Å². The van der Waals surface area contributed by atoms with Gasteiger partial charge >= 0.3 is 12.6 Å². The summed E-state index contributed by atoms with van der Waals surface area (Å²) in [5, 5.41) is 16.7. The fourth-order valence-corrected chi connectivity index (χ4v) is 5.32. The van der Waals surface area contributed by atoms with E-state index in [1.165, 1.54) is 18.2 Å². The number of alkyl halides is 2. The van der Waals surface area contributed by atoms with Crippen LogP contribution in [0.4, 0.5) is 14.5 Å². The topological polar surface area (TPSA) is 106 Å². The molecule has 37 heavy (non-hydrogen) atoms. The molecule has 9 nitrogen and oxygen atoms in total. The Morgan fingerprint density at radius 3 is 2.57 bits per heavy atom. The molecule has 0 spiro atoms. The van der Waals surface area contributed by atoms with Crippen LogP contribution in [0.5, 0.6) is 5.75 Å². The zero-order valence-electron chi connectivity index (χ0n) is 20.7. The molecular formula is C25H31ClF2N4O5. The number of piperidine rings is 1. The number of carbonyl (C=O) groups excluding carboxylic acids is 1. The summed E-state index contributed by atoms with van der Waals surface area (Å²) in [6, 6.07) is 6.10. The monoisotopic (exact) mass is 540 g/mol. The Bertz CT molecular complexity index is 1110. The van der Waals surface area contributed by atoms with Crippen LogP contribution in [0.2, 0.25) is 5.02 Å². The van der Waals surface area contributed by atoms with Crippen molar-refractivity contribution in [1.29, 1.82) is 0 Å². The molecule has 1 amide bonds. The number of amides is 1. The molecule has 0 radical (unpaired) electrons. The summed E-state index contributed by atoms with van der Waals surface area (Å²) >= 11 is 5.97. The number of carboxylic acids is 1. The molecule has 4 rings (SSSR count). The molecule has 2 aliphatic heterocycles. The molecular weight excluding hydrogens is 510 g/mol. The Balaban J connectivity index is 1.58. The van der Waals surface area contributed by atoms with Gasteiger partial charge in [0.25, 0.3) is 5.91 Å². The normalized spacial score (nSPS) is 22.2. The first-order valence-corrected chi connectivity index (χ1v) is 12.7. The SMILES string of the molecule is CC(C)c1ccnn1C1(C(=O)Nc2ccc(Cl)cc2OC(F)F)CCN([C@H]2CC[C@H](C(=O)O)OC2)CC1. The van der Waals surface area contributed by atoms with Crippen LogP contribution in [-0.2, 0) is 19.9 Å². The van der Waals surface area contributed by atoms with Crippen molar-refractivity contribution >= 4 is 29.2 Å². The van der Waals surface area contributed by atoms with Gasteiger partial charge in [0.15, 0.2) is 11.9 Å². The van der Waals surface area contributed by atoms with Gasteiger partial charge in [0.1, 0.15) is 5.54 Å². The van der Waals surface area contributed by atoms with E-state index in [9.17, 15) is 23.5 Å². The van der Waals surface area contributed by atoms with E-state index < -0.39 is 24.2 Å². The molecule has 0 unspecified atom stereocenters. The summed E-state index contributed by atoms with van der Waals surface area (Å²) in [5.41, 5.74) is -0.0929. The maximum Gasteiger partial charge on any atom is 0.387 e. The minimum absolute atomic E-state index is 0.0566. The molecule has 2 aromatic rings. The van der Waals surface area contributed by atoms with Crippen LogP contribution in [0, 0.1) is 0 Å². The van der Waals surface area contributed by atoms with Crippen molar-refractivity contribution < 1.29 is 33.0 Å². The Kier molecular flexibility index (Phi) is 8.35. The Labute approximate surface area is 218 Å². The van der Waals surface area contributed by atoms with Crippen molar-refractivity contribution in [2.24, 2.45) is 0 Å². The third-order valence-electron chi connectivity index (χ3n) is 7.17. The number of rotatable bonds is 8. The van der Waals surface area contributed by atoms with E-state index in [-0.39, 0.29) is 34.3 Å². The smallest absolute Gasteiger partial charge is 0.387 e. The summed E-state index contributed by atoms with van der Waals surface area (Å²) in [4.78, 5) is 27.4. The largest absolute Gasteiger partial charge is 0.479 e. The molecule has 2 atom stereocenters. The first-order valence-electron chi connectivity index (χ1n) is 12.3. The highest BCUT2D eigenvalue weighted by Gasteiger charge is 2.46. The van der Waals surface area contributed by atoms with Crippen molar-refractivity contribution in [1.82, 2.24) is 14.7 Å². The van der Waals surface area contributed by atoms with Gasteiger partial charge in [-0.15, -0.1) is 0 Å². The quantitative estimate of drug-likeness (QED) is 0.513. The summed E-state index contributed by atoms with van der Waals surface area (Å²) in [5.74, 6) is -1.46. The van der Waals surface area contributed by atoms with Crippen LogP contribution in [0.1, 0.15) is 51.1 Å². The number of ether oxygens (including phenoxy) is 2. The van der Waals surface area contributed by atoms with Crippen molar-refractivity contribution in [3.63, 3.8) is 0 Å². The lowest BCUT2D eigenvalue weighted by Gasteiger charge is -2.45. The minimum Gasteiger partial charge on any atom is -0.479 e. The number of hydrogen-bond acceptors (Lipinski definition) is 6. The van der Waals surface area contributed by atoms with Gasteiger partial charge in [-0.2, -0.15) is 13.9 Å². The second-order valence-electron chi connectivity index (χ2n) is 9.75. The lowest BCUT2D eigenvalue weighted by Crippen LogP contribution is -2.57. The zero-order chi connectivity index (χ0) is 26.7. The molecule has 2 saturated heterocycles. The van der Waals surface area contributed by atoms with E-state index >= 15 is 0 Å². The van der Waals surface area contributed by atoms with E-state index in [1.54, 1.807) is 10.9 Å². The van der Waals surface area contributed by atoms with E-state index in [0.29, 0.717) is 45.4 Å². The van der Waals surface area contributed by atoms with E-state index in [4.69, 9.17) is 16.3 Å². The molecule has 2 N–H and O–H groups in total. The number of hydrogen-bond donors (Lipinski definition) is 2. The number of nitrogens with one attached hydrogen (secondary N) is 1. The number of carbonyl (C=O) groups is 2. The summed E-state index contributed by atoms with van der Waals surface area (Å²) in [7, 11) is 0. The first-order chi connectivity index (χ1) is 17.6. The number of likely N-dealkylation sites (tertiary alicyclic amines) is 1. The number of halogens is 3. The molecule has 0 aliphatic carbocycles. The Hall–Kier alpha value is -2.76. The molecule has 202 valence electrons. The highest BCUT2D eigenvalue weighted by atomic mass is 35.5. The van der Waals surface area contributed by atoms with Gasteiger partial charge in [0.2, 0.25) is 0 Å². The van der Waals surface area contributed by atoms with Gasteiger partial charge in [-0.25, -0.2) is 4.79 Å². The van der Waals surface area contributed by atoms with Gasteiger partial charge in [-0.05, 0) is 49.8 Å². The van der Waals surface area contributed by atoms with Crippen LogP contribution in [-0.4, -0.2) is 70.1 Å². The van der Waals surface area contributed by atoms with Crippen molar-refractivity contribution in [3.8, 4) is 5.75 Å². The molecule has 12 heteroatoms. The van der Waals surface area contributed by atoms with Gasteiger partial charge in [-0.3, -0.25) is 14.4 Å². The Morgan fingerprint density at radius 1 is 1.24 bits per heavy atom. The highest BCUT2D eigenvalue weighted by molar-refractivity contribution is 6.30. The molecule has 1 aromatic heterocycles. The second kappa shape index (κ2) is 11.3. The average Bonchev–Trinajstić information content (AvgIpc) is 3.36. The van der Waals surface area contributed by atoms with Crippen LogP contribution in [0.15, 0.2) is 30.5 Å². The molecule has 2 aliphatic rings. The number of aliphatic carboxylic acids is 1. The third kappa shape index (κ3) is 5.89. The molecule has 3 heterocycles. The minimum atomic E-state index is -3.08. The van der Waals surface area contributed by atoms with Gasteiger partial charge < -0.3 is 19.9 Å². The first kappa shape index (κ1) is 27.3. The predicted molar refractivity (Wildman–Crippen MR) is 132 cm³/mol. The second-order valence-corrected chi connectivity index (χ2v) is 10.2. The summed E-state index contributed by atoms with van der Waals surface area (Å²) in [6.07, 6.45) is 2.82.